The summed E-state index contributed by atoms with van der Waals surface area (Å²) in [5.74, 6) is -0.762. The molecule has 3 N–H and O–H groups in total. The summed E-state index contributed by atoms with van der Waals surface area (Å²) in [7, 11) is 0. The number of ether oxygens (including phenoxy) is 1. The number of thiazole rings is 1. The fourth-order valence-corrected chi connectivity index (χ4v) is 1.95. The van der Waals surface area contributed by atoms with Gasteiger partial charge in [-0.1, -0.05) is 12.1 Å². The van der Waals surface area contributed by atoms with Crippen LogP contribution in [0.2, 0.25) is 0 Å². The van der Waals surface area contributed by atoms with Gasteiger partial charge in [0.2, 0.25) is 0 Å². The van der Waals surface area contributed by atoms with Crippen LogP contribution in [0, 0.1) is 0 Å². The number of amides is 2. The molecule has 128 valence electrons. The van der Waals surface area contributed by atoms with Gasteiger partial charge in [0.1, 0.15) is 17.4 Å². The average molecular weight is 342 g/mol. The molecular weight excluding hydrogens is 320 g/mol. The third-order valence-electron chi connectivity index (χ3n) is 2.49. The van der Waals surface area contributed by atoms with Crippen LogP contribution in [-0.4, -0.2) is 34.4 Å². The van der Waals surface area contributed by atoms with Crippen LogP contribution in [0.4, 0.5) is 9.93 Å². The van der Waals surface area contributed by atoms with Gasteiger partial charge in [0.05, 0.1) is 0 Å². The van der Waals surface area contributed by atoms with E-state index in [0.29, 0.717) is 0 Å². The van der Waals surface area contributed by atoms with Gasteiger partial charge in [-0.05, 0) is 34.1 Å². The highest BCUT2D eigenvalue weighted by molar-refractivity contribution is 7.14. The van der Waals surface area contributed by atoms with Crippen molar-refractivity contribution in [3.8, 4) is 0 Å². The first-order chi connectivity index (χ1) is 10.6. The Labute approximate surface area is 139 Å². The van der Waals surface area contributed by atoms with Crippen LogP contribution in [-0.2, 0) is 14.4 Å². The number of oxime groups is 1. The van der Waals surface area contributed by atoms with Crippen molar-refractivity contribution in [3.63, 3.8) is 0 Å². The van der Waals surface area contributed by atoms with Crippen LogP contribution < -0.4 is 11.1 Å². The monoisotopic (exact) mass is 342 g/mol. The van der Waals surface area contributed by atoms with Crippen molar-refractivity contribution in [1.29, 1.82) is 0 Å². The molecule has 1 aromatic rings. The number of carbonyl (C=O) groups is 2. The molecule has 0 bridgehead atoms. The number of rotatable bonds is 6. The molecule has 0 aliphatic rings. The van der Waals surface area contributed by atoms with Gasteiger partial charge >= 0.3 is 6.09 Å². The van der Waals surface area contributed by atoms with Crippen LogP contribution >= 0.6 is 11.3 Å². The maximum absolute atomic E-state index is 11.7. The van der Waals surface area contributed by atoms with Gasteiger partial charge in [0.15, 0.2) is 10.8 Å². The molecule has 1 rings (SSSR count). The van der Waals surface area contributed by atoms with Gasteiger partial charge < -0.3 is 15.3 Å². The third-order valence-corrected chi connectivity index (χ3v) is 3.24. The molecule has 0 spiro atoms. The van der Waals surface area contributed by atoms with Crippen molar-refractivity contribution in [1.82, 2.24) is 4.98 Å². The standard InChI is InChI=1S/C14H22N4O4S/c1-6-8(2)22-18-10(11(15)19)9-7-23-12(16-9)17-13(20)21-14(3,4)5/h7-8H,6H2,1-5H3,(H2,15,19)(H,16,17,20). The Kier molecular flexibility index (Phi) is 6.49. The van der Waals surface area contributed by atoms with E-state index in [1.807, 2.05) is 13.8 Å². The smallest absolute Gasteiger partial charge is 0.413 e. The van der Waals surface area contributed by atoms with Gasteiger partial charge in [-0.3, -0.25) is 10.1 Å². The number of primary amides is 1. The number of nitrogens with two attached hydrogens (primary N) is 1. The van der Waals surface area contributed by atoms with Gasteiger partial charge in [-0.25, -0.2) is 9.78 Å². The summed E-state index contributed by atoms with van der Waals surface area (Å²) >= 11 is 1.12. The van der Waals surface area contributed by atoms with E-state index < -0.39 is 17.6 Å². The van der Waals surface area contributed by atoms with E-state index in [0.717, 1.165) is 17.8 Å². The molecule has 1 atom stereocenters. The summed E-state index contributed by atoms with van der Waals surface area (Å²) in [6.07, 6.45) is -0.0490. The molecule has 0 aliphatic heterocycles. The Balaban J connectivity index is 2.83. The Morgan fingerprint density at radius 2 is 2.13 bits per heavy atom. The Morgan fingerprint density at radius 1 is 1.48 bits per heavy atom. The first-order valence-corrected chi connectivity index (χ1v) is 8.00. The second kappa shape index (κ2) is 7.91. The molecule has 1 unspecified atom stereocenters. The van der Waals surface area contributed by atoms with Crippen molar-refractivity contribution >= 4 is 34.2 Å². The van der Waals surface area contributed by atoms with E-state index in [2.05, 4.69) is 15.5 Å². The number of hydrogen-bond acceptors (Lipinski definition) is 7. The predicted octanol–water partition coefficient (Wildman–Crippen LogP) is 2.49. The SMILES string of the molecule is CCC(C)ON=C(C(N)=O)c1csc(NC(=O)OC(C)(C)C)n1. The minimum absolute atomic E-state index is 0.0983. The van der Waals surface area contributed by atoms with Crippen LogP contribution in [0.15, 0.2) is 10.5 Å². The molecule has 0 radical (unpaired) electrons. The number of hydrogen-bond donors (Lipinski definition) is 2. The van der Waals surface area contributed by atoms with Crippen molar-refractivity contribution < 1.29 is 19.2 Å². The number of nitrogens with zero attached hydrogens (tertiary/aromatic N) is 2. The Morgan fingerprint density at radius 3 is 2.65 bits per heavy atom. The molecule has 0 aromatic carbocycles. The van der Waals surface area contributed by atoms with Crippen molar-refractivity contribution in [2.75, 3.05) is 5.32 Å². The second-order valence-electron chi connectivity index (χ2n) is 5.79. The average Bonchev–Trinajstić information content (AvgIpc) is 2.84. The van der Waals surface area contributed by atoms with Crippen LogP contribution in [0.25, 0.3) is 0 Å². The lowest BCUT2D eigenvalue weighted by Gasteiger charge is -2.18. The molecule has 2 amide bonds. The lowest BCUT2D eigenvalue weighted by molar-refractivity contribution is -0.112. The second-order valence-corrected chi connectivity index (χ2v) is 6.65. The highest BCUT2D eigenvalue weighted by atomic mass is 32.1. The molecule has 8 nitrogen and oxygen atoms in total. The third kappa shape index (κ3) is 6.64. The van der Waals surface area contributed by atoms with Crippen molar-refractivity contribution in [2.45, 2.75) is 52.7 Å². The zero-order chi connectivity index (χ0) is 17.6. The number of nitrogens with one attached hydrogen (secondary N) is 1. The first-order valence-electron chi connectivity index (χ1n) is 7.12. The van der Waals surface area contributed by atoms with Crippen LogP contribution in [0.1, 0.15) is 46.7 Å². The van der Waals surface area contributed by atoms with Gasteiger partial charge in [-0.15, -0.1) is 11.3 Å². The predicted molar refractivity (Wildman–Crippen MR) is 88.5 cm³/mol. The minimum atomic E-state index is -0.762. The molecular formula is C14H22N4O4S. The summed E-state index contributed by atoms with van der Waals surface area (Å²) in [6.45, 7) is 9.01. The molecule has 0 saturated carbocycles. The van der Waals surface area contributed by atoms with E-state index in [9.17, 15) is 9.59 Å². The topological polar surface area (TPSA) is 116 Å². The van der Waals surface area contributed by atoms with Crippen LogP contribution in [0.3, 0.4) is 0 Å². The molecule has 9 heteroatoms. The van der Waals surface area contributed by atoms with Crippen LogP contribution in [0.5, 0.6) is 0 Å². The molecule has 1 aromatic heterocycles. The largest absolute Gasteiger partial charge is 0.444 e. The summed E-state index contributed by atoms with van der Waals surface area (Å²) in [4.78, 5) is 32.4. The summed E-state index contributed by atoms with van der Waals surface area (Å²) < 4.78 is 5.12. The fourth-order valence-electron chi connectivity index (χ4n) is 1.27. The number of aromatic nitrogens is 1. The normalized spacial score (nSPS) is 13.3. The van der Waals surface area contributed by atoms with E-state index in [1.165, 1.54) is 0 Å². The lowest BCUT2D eigenvalue weighted by atomic mass is 10.2. The van der Waals surface area contributed by atoms with Crippen molar-refractivity contribution in [3.05, 3.63) is 11.1 Å². The maximum Gasteiger partial charge on any atom is 0.413 e. The Bertz CT molecular complexity index is 592. The zero-order valence-corrected chi connectivity index (χ0v) is 14.7. The fraction of sp³-hybridized carbons (Fsp3) is 0.571. The van der Waals surface area contributed by atoms with E-state index in [-0.39, 0.29) is 22.6 Å². The van der Waals surface area contributed by atoms with E-state index in [4.69, 9.17) is 15.3 Å². The van der Waals surface area contributed by atoms with E-state index in [1.54, 1.807) is 26.2 Å². The Hall–Kier alpha value is -2.16. The molecule has 23 heavy (non-hydrogen) atoms. The molecule has 0 fully saturated rings. The molecule has 0 saturated heterocycles. The zero-order valence-electron chi connectivity index (χ0n) is 13.9. The summed E-state index contributed by atoms with van der Waals surface area (Å²) in [5.41, 5.74) is 4.81. The first kappa shape index (κ1) is 18.9. The summed E-state index contributed by atoms with van der Waals surface area (Å²) in [6, 6.07) is 0. The summed E-state index contributed by atoms with van der Waals surface area (Å²) in [5, 5.41) is 8.07. The molecule has 0 aliphatic carbocycles. The maximum atomic E-state index is 11.7. The van der Waals surface area contributed by atoms with Crippen molar-refractivity contribution in [2.24, 2.45) is 10.9 Å². The highest BCUT2D eigenvalue weighted by Gasteiger charge is 2.20. The van der Waals surface area contributed by atoms with Gasteiger partial charge in [-0.2, -0.15) is 0 Å². The van der Waals surface area contributed by atoms with Gasteiger partial charge in [0.25, 0.3) is 5.91 Å². The number of carbonyl (C=O) groups excluding carboxylic acids is 2. The number of anilines is 1. The minimum Gasteiger partial charge on any atom is -0.444 e. The lowest BCUT2D eigenvalue weighted by Crippen LogP contribution is -2.27. The quantitative estimate of drug-likeness (QED) is 0.608. The highest BCUT2D eigenvalue weighted by Crippen LogP contribution is 2.18. The molecule has 1 heterocycles. The van der Waals surface area contributed by atoms with Gasteiger partial charge in [0, 0.05) is 5.38 Å². The van der Waals surface area contributed by atoms with E-state index >= 15 is 0 Å².